The van der Waals surface area contributed by atoms with Crippen molar-refractivity contribution in [2.75, 3.05) is 6.61 Å². The van der Waals surface area contributed by atoms with Gasteiger partial charge in [-0.15, -0.1) is 0 Å². The van der Waals surface area contributed by atoms with Crippen molar-refractivity contribution in [3.05, 3.63) is 0 Å². The molecule has 0 aliphatic carbocycles. The number of hydrogen-bond donors (Lipinski definition) is 1. The molecule has 17 heavy (non-hydrogen) atoms. The van der Waals surface area contributed by atoms with Crippen molar-refractivity contribution < 1.29 is 15.7 Å². The van der Waals surface area contributed by atoms with Crippen molar-refractivity contribution in [1.82, 2.24) is 0 Å². The predicted octanol–water partition coefficient (Wildman–Crippen LogP) is 3.21. The van der Waals surface area contributed by atoms with Crippen LogP contribution in [0, 0.1) is 0 Å². The molecule has 0 aromatic rings. The maximum atomic E-state index is 10.3. The van der Waals surface area contributed by atoms with Crippen molar-refractivity contribution >= 4 is 13.4 Å². The molecular formula is C12H26O4Se. The first-order chi connectivity index (χ1) is 8.06. The Morgan fingerprint density at radius 2 is 1.24 bits per heavy atom. The van der Waals surface area contributed by atoms with Crippen LogP contribution in [0.1, 0.15) is 71.1 Å². The van der Waals surface area contributed by atoms with Gasteiger partial charge in [-0.05, 0) is 0 Å². The second-order valence-corrected chi connectivity index (χ2v) is 6.72. The van der Waals surface area contributed by atoms with Gasteiger partial charge in [-0.3, -0.25) is 0 Å². The van der Waals surface area contributed by atoms with Crippen LogP contribution in [0.15, 0.2) is 0 Å². The van der Waals surface area contributed by atoms with Crippen LogP contribution in [0.3, 0.4) is 0 Å². The van der Waals surface area contributed by atoms with Gasteiger partial charge >= 0.3 is 99.9 Å². The van der Waals surface area contributed by atoms with Crippen LogP contribution in [0.5, 0.6) is 0 Å². The van der Waals surface area contributed by atoms with Gasteiger partial charge in [0.1, 0.15) is 0 Å². The van der Waals surface area contributed by atoms with Crippen LogP contribution < -0.4 is 0 Å². The van der Waals surface area contributed by atoms with Crippen LogP contribution in [0.25, 0.3) is 0 Å². The second kappa shape index (κ2) is 11.1. The first kappa shape index (κ1) is 17.0. The molecule has 0 saturated carbocycles. The van der Waals surface area contributed by atoms with E-state index in [0.29, 0.717) is 6.42 Å². The summed E-state index contributed by atoms with van der Waals surface area (Å²) in [5.41, 5.74) is 0. The molecule has 0 unspecified atom stereocenters. The third-order valence-electron chi connectivity index (χ3n) is 2.73. The molecule has 0 radical (unpaired) electrons. The minimum atomic E-state index is -4.91. The fraction of sp³-hybridized carbons (Fsp3) is 1.00. The Balaban J connectivity index is 3.04. The van der Waals surface area contributed by atoms with E-state index in [4.69, 9.17) is 4.19 Å². The standard InChI is InChI=1S/C12H26O4Se/c1-2-3-4-5-6-7-8-9-10-11-12-16-17(13,14)15/h2-12H2,1H3,(H,13,14,15). The van der Waals surface area contributed by atoms with Crippen LogP contribution >= 0.6 is 0 Å². The zero-order valence-electron chi connectivity index (χ0n) is 10.9. The monoisotopic (exact) mass is 314 g/mol. The summed E-state index contributed by atoms with van der Waals surface area (Å²) < 4.78 is 33.3. The summed E-state index contributed by atoms with van der Waals surface area (Å²) in [4.78, 5) is 0. The maximum absolute atomic E-state index is 10.3. The van der Waals surface area contributed by atoms with Crippen molar-refractivity contribution in [3.63, 3.8) is 0 Å². The van der Waals surface area contributed by atoms with E-state index in [0.717, 1.165) is 12.8 Å². The van der Waals surface area contributed by atoms with Gasteiger partial charge in [-0.1, -0.05) is 6.92 Å². The predicted molar refractivity (Wildman–Crippen MR) is 67.1 cm³/mol. The fourth-order valence-corrected chi connectivity index (χ4v) is 2.44. The van der Waals surface area contributed by atoms with Gasteiger partial charge in [0.25, 0.3) is 0 Å². The van der Waals surface area contributed by atoms with E-state index in [2.05, 4.69) is 10.7 Å². The van der Waals surface area contributed by atoms with Crippen molar-refractivity contribution in [3.8, 4) is 0 Å². The van der Waals surface area contributed by atoms with E-state index in [1.165, 1.54) is 44.9 Å². The molecule has 0 aromatic carbocycles. The van der Waals surface area contributed by atoms with Crippen LogP contribution in [-0.2, 0) is 11.5 Å². The van der Waals surface area contributed by atoms with Gasteiger partial charge < -0.3 is 0 Å². The Kier molecular flexibility index (Phi) is 11.2. The summed E-state index contributed by atoms with van der Waals surface area (Å²) in [6, 6.07) is 0. The molecular weight excluding hydrogens is 287 g/mol. The molecule has 104 valence electrons. The molecule has 5 heteroatoms. The van der Waals surface area contributed by atoms with Gasteiger partial charge in [0, 0.05) is 0 Å². The van der Waals surface area contributed by atoms with E-state index in [1.807, 2.05) is 0 Å². The van der Waals surface area contributed by atoms with Gasteiger partial charge in [0.2, 0.25) is 0 Å². The average Bonchev–Trinajstić information content (AvgIpc) is 2.24. The molecule has 4 nitrogen and oxygen atoms in total. The van der Waals surface area contributed by atoms with Crippen molar-refractivity contribution in [2.24, 2.45) is 0 Å². The van der Waals surface area contributed by atoms with Crippen LogP contribution in [0.4, 0.5) is 0 Å². The second-order valence-electron chi connectivity index (χ2n) is 4.43. The van der Waals surface area contributed by atoms with Gasteiger partial charge in [-0.2, -0.15) is 0 Å². The number of rotatable bonds is 12. The Morgan fingerprint density at radius 3 is 1.65 bits per heavy atom. The third-order valence-corrected chi connectivity index (χ3v) is 3.70. The SMILES string of the molecule is CCCCCCCCCCCCO[Se](=O)(=O)O. The first-order valence-electron chi connectivity index (χ1n) is 6.68. The third kappa shape index (κ3) is 16.0. The molecule has 0 spiro atoms. The first-order valence-corrected chi connectivity index (χ1v) is 9.54. The topological polar surface area (TPSA) is 63.6 Å². The molecule has 0 bridgehead atoms. The molecule has 0 saturated heterocycles. The summed E-state index contributed by atoms with van der Waals surface area (Å²) in [6.07, 6.45) is 11.9. The summed E-state index contributed by atoms with van der Waals surface area (Å²) in [5.74, 6) is 0. The normalized spacial score (nSPS) is 11.9. The molecule has 0 aromatic heterocycles. The summed E-state index contributed by atoms with van der Waals surface area (Å²) in [5, 5.41) is 0. The van der Waals surface area contributed by atoms with E-state index >= 15 is 0 Å². The van der Waals surface area contributed by atoms with Gasteiger partial charge in [0.15, 0.2) is 0 Å². The van der Waals surface area contributed by atoms with Crippen molar-refractivity contribution in [2.45, 2.75) is 71.1 Å². The fourth-order valence-electron chi connectivity index (χ4n) is 1.75. The van der Waals surface area contributed by atoms with E-state index in [9.17, 15) is 7.67 Å². The molecule has 0 fully saturated rings. The zero-order chi connectivity index (χ0) is 13.0. The number of unbranched alkanes of at least 4 members (excludes halogenated alkanes) is 9. The molecule has 1 N–H and O–H groups in total. The van der Waals surface area contributed by atoms with Gasteiger partial charge in [-0.25, -0.2) is 0 Å². The average molecular weight is 313 g/mol. The summed E-state index contributed by atoms with van der Waals surface area (Å²) in [6.45, 7) is 2.34. The Labute approximate surface area is 107 Å². The summed E-state index contributed by atoms with van der Waals surface area (Å²) >= 11 is -4.91. The van der Waals surface area contributed by atoms with E-state index in [1.54, 1.807) is 0 Å². The van der Waals surface area contributed by atoms with E-state index < -0.39 is 13.4 Å². The van der Waals surface area contributed by atoms with Crippen LogP contribution in [0.2, 0.25) is 0 Å². The Bertz CT molecular complexity index is 249. The van der Waals surface area contributed by atoms with Crippen molar-refractivity contribution in [1.29, 1.82) is 0 Å². The Hall–Kier alpha value is 0.0395. The molecule has 0 atom stereocenters. The Morgan fingerprint density at radius 1 is 0.824 bits per heavy atom. The molecule has 0 amide bonds. The molecule has 0 heterocycles. The molecule has 0 aliphatic rings. The van der Waals surface area contributed by atoms with Crippen LogP contribution in [-0.4, -0.2) is 24.2 Å². The molecule has 0 aliphatic heterocycles. The summed E-state index contributed by atoms with van der Waals surface area (Å²) in [7, 11) is 0. The van der Waals surface area contributed by atoms with E-state index in [-0.39, 0.29) is 6.61 Å². The quantitative estimate of drug-likeness (QED) is 0.444. The molecule has 0 rings (SSSR count). The number of hydrogen-bond acceptors (Lipinski definition) is 3. The zero-order valence-corrected chi connectivity index (χ0v) is 12.6. The minimum absolute atomic E-state index is 0.125. The van der Waals surface area contributed by atoms with Gasteiger partial charge in [0.05, 0.1) is 0 Å².